The van der Waals surface area contributed by atoms with Crippen molar-refractivity contribution >= 4 is 23.6 Å². The van der Waals surface area contributed by atoms with Crippen molar-refractivity contribution in [3.8, 4) is 0 Å². The largest absolute Gasteiger partial charge is 0.394 e. The summed E-state index contributed by atoms with van der Waals surface area (Å²) in [5.41, 5.74) is 0. The Bertz CT molecular complexity index is 535. The highest BCUT2D eigenvalue weighted by atomic mass is 16.3. The molecule has 5 N–H and O–H groups in total. The molecule has 0 spiro atoms. The Balaban J connectivity index is 2.69. The quantitative estimate of drug-likeness (QED) is 0.347. The molecule has 148 valence electrons. The Morgan fingerprint density at radius 2 is 1.69 bits per heavy atom. The molecule has 1 aliphatic heterocycles. The number of carbonyl (C=O) groups excluding carboxylic acids is 4. The number of amides is 4. The molecule has 26 heavy (non-hydrogen) atoms. The lowest BCUT2D eigenvalue weighted by Crippen LogP contribution is -2.57. The van der Waals surface area contributed by atoms with Crippen LogP contribution in [0.5, 0.6) is 0 Å². The zero-order valence-electron chi connectivity index (χ0n) is 15.8. The molecule has 1 fully saturated rings. The van der Waals surface area contributed by atoms with Crippen molar-refractivity contribution in [3.05, 3.63) is 0 Å². The summed E-state index contributed by atoms with van der Waals surface area (Å²) < 4.78 is 0. The van der Waals surface area contributed by atoms with Crippen LogP contribution in [0.1, 0.15) is 47.0 Å². The van der Waals surface area contributed by atoms with Gasteiger partial charge in [-0.2, -0.15) is 0 Å². The van der Waals surface area contributed by atoms with Gasteiger partial charge in [-0.15, -0.1) is 0 Å². The van der Waals surface area contributed by atoms with Crippen molar-refractivity contribution in [1.29, 1.82) is 0 Å². The van der Waals surface area contributed by atoms with Crippen LogP contribution in [0.3, 0.4) is 0 Å². The predicted molar refractivity (Wildman–Crippen MR) is 94.8 cm³/mol. The van der Waals surface area contributed by atoms with Crippen molar-refractivity contribution in [2.45, 2.75) is 71.1 Å². The van der Waals surface area contributed by atoms with Gasteiger partial charge in [0.2, 0.25) is 23.6 Å². The molecule has 0 bridgehead atoms. The highest BCUT2D eigenvalue weighted by Crippen LogP contribution is 2.08. The van der Waals surface area contributed by atoms with Crippen LogP contribution in [0.2, 0.25) is 0 Å². The van der Waals surface area contributed by atoms with Crippen LogP contribution >= 0.6 is 0 Å². The molecule has 0 aliphatic carbocycles. The summed E-state index contributed by atoms with van der Waals surface area (Å²) in [4.78, 5) is 48.0. The van der Waals surface area contributed by atoms with E-state index in [1.54, 1.807) is 0 Å². The number of aliphatic hydroxyl groups excluding tert-OH is 1. The number of hydrogen-bond donors (Lipinski definition) is 5. The first-order valence-electron chi connectivity index (χ1n) is 8.95. The third-order valence-corrected chi connectivity index (χ3v) is 3.90. The lowest BCUT2D eigenvalue weighted by atomic mass is 10.0. The number of nitrogens with one attached hydrogen (secondary N) is 4. The summed E-state index contributed by atoms with van der Waals surface area (Å²) in [5, 5.41) is 19.7. The zero-order valence-corrected chi connectivity index (χ0v) is 15.8. The average Bonchev–Trinajstić information content (AvgIpc) is 2.97. The maximum atomic E-state index is 12.4. The van der Waals surface area contributed by atoms with Crippen molar-refractivity contribution < 1.29 is 24.3 Å². The standard InChI is InChI=1S/C17H30N4O5/c1-9(2)7-12(16(25)18-10(3)4)20-17(26)13(8-22)21-15(24)11-5-6-14(23)19-11/h9-13,22H,5-8H2,1-4H3,(H,18,25)(H,19,23)(H,20,26)(H,21,24)/t11-,12+,13-/m0/s1. The van der Waals surface area contributed by atoms with Crippen molar-refractivity contribution in [2.24, 2.45) is 5.92 Å². The molecule has 9 nitrogen and oxygen atoms in total. The molecule has 0 aromatic carbocycles. The second-order valence-electron chi connectivity index (χ2n) is 7.26. The Labute approximate surface area is 153 Å². The molecule has 0 unspecified atom stereocenters. The number of hydrogen-bond acceptors (Lipinski definition) is 5. The topological polar surface area (TPSA) is 137 Å². The summed E-state index contributed by atoms with van der Waals surface area (Å²) in [5.74, 6) is -1.55. The average molecular weight is 370 g/mol. The molecular formula is C17H30N4O5. The van der Waals surface area contributed by atoms with Gasteiger partial charge in [0, 0.05) is 12.5 Å². The third kappa shape index (κ3) is 6.99. The lowest BCUT2D eigenvalue weighted by molar-refractivity contribution is -0.134. The molecule has 1 rings (SSSR count). The molecular weight excluding hydrogens is 340 g/mol. The highest BCUT2D eigenvalue weighted by molar-refractivity contribution is 5.95. The maximum absolute atomic E-state index is 12.4. The van der Waals surface area contributed by atoms with Crippen LogP contribution < -0.4 is 21.3 Å². The van der Waals surface area contributed by atoms with Gasteiger partial charge in [0.15, 0.2) is 0 Å². The Morgan fingerprint density at radius 1 is 1.08 bits per heavy atom. The fourth-order valence-electron chi connectivity index (χ4n) is 2.64. The molecule has 0 radical (unpaired) electrons. The third-order valence-electron chi connectivity index (χ3n) is 3.90. The summed E-state index contributed by atoms with van der Waals surface area (Å²) >= 11 is 0. The van der Waals surface area contributed by atoms with Crippen molar-refractivity contribution in [3.63, 3.8) is 0 Å². The number of rotatable bonds is 9. The van der Waals surface area contributed by atoms with Gasteiger partial charge in [-0.3, -0.25) is 19.2 Å². The molecule has 0 aromatic rings. The number of carbonyl (C=O) groups is 4. The van der Waals surface area contributed by atoms with Gasteiger partial charge < -0.3 is 26.4 Å². The summed E-state index contributed by atoms with van der Waals surface area (Å²) in [6.07, 6.45) is 1.02. The van der Waals surface area contributed by atoms with Gasteiger partial charge >= 0.3 is 0 Å². The van der Waals surface area contributed by atoms with Gasteiger partial charge in [-0.25, -0.2) is 0 Å². The predicted octanol–water partition coefficient (Wildman–Crippen LogP) is -1.20. The van der Waals surface area contributed by atoms with E-state index in [1.807, 2.05) is 27.7 Å². The normalized spacial score (nSPS) is 19.0. The van der Waals surface area contributed by atoms with Gasteiger partial charge in [0.25, 0.3) is 0 Å². The second-order valence-corrected chi connectivity index (χ2v) is 7.26. The van der Waals surface area contributed by atoms with Crippen LogP contribution in [-0.4, -0.2) is 59.5 Å². The summed E-state index contributed by atoms with van der Waals surface area (Å²) in [6.45, 7) is 6.88. The molecule has 3 atom stereocenters. The molecule has 0 aromatic heterocycles. The Kier molecular flexibility index (Phi) is 8.50. The van der Waals surface area contributed by atoms with Gasteiger partial charge in [0.05, 0.1) is 6.61 Å². The first-order valence-corrected chi connectivity index (χ1v) is 8.95. The fraction of sp³-hybridized carbons (Fsp3) is 0.765. The van der Waals surface area contributed by atoms with Crippen LogP contribution in [-0.2, 0) is 19.2 Å². The molecule has 1 aliphatic rings. The van der Waals surface area contributed by atoms with E-state index in [0.717, 1.165) is 0 Å². The van der Waals surface area contributed by atoms with Crippen LogP contribution in [0.15, 0.2) is 0 Å². The van der Waals surface area contributed by atoms with Crippen LogP contribution in [0.4, 0.5) is 0 Å². The second kappa shape index (κ2) is 10.1. The maximum Gasteiger partial charge on any atom is 0.245 e. The first kappa shape index (κ1) is 21.9. The highest BCUT2D eigenvalue weighted by Gasteiger charge is 2.31. The van der Waals surface area contributed by atoms with E-state index in [2.05, 4.69) is 21.3 Å². The van der Waals surface area contributed by atoms with Crippen LogP contribution in [0, 0.1) is 5.92 Å². The lowest BCUT2D eigenvalue weighted by Gasteiger charge is -2.24. The van der Waals surface area contributed by atoms with E-state index in [1.165, 1.54) is 0 Å². The monoisotopic (exact) mass is 370 g/mol. The minimum atomic E-state index is -1.19. The van der Waals surface area contributed by atoms with Crippen molar-refractivity contribution in [1.82, 2.24) is 21.3 Å². The van der Waals surface area contributed by atoms with E-state index < -0.39 is 36.5 Å². The van der Waals surface area contributed by atoms with E-state index in [9.17, 15) is 24.3 Å². The number of aliphatic hydroxyl groups is 1. The van der Waals surface area contributed by atoms with E-state index in [4.69, 9.17) is 0 Å². The van der Waals surface area contributed by atoms with Gasteiger partial charge in [-0.05, 0) is 32.6 Å². The Hall–Kier alpha value is -2.16. The molecule has 4 amide bonds. The minimum absolute atomic E-state index is 0.0756. The van der Waals surface area contributed by atoms with Gasteiger partial charge in [-0.1, -0.05) is 13.8 Å². The van der Waals surface area contributed by atoms with E-state index in [-0.39, 0.29) is 30.2 Å². The van der Waals surface area contributed by atoms with E-state index in [0.29, 0.717) is 12.8 Å². The van der Waals surface area contributed by atoms with Gasteiger partial charge in [0.1, 0.15) is 18.1 Å². The molecule has 1 saturated heterocycles. The smallest absolute Gasteiger partial charge is 0.245 e. The fourth-order valence-corrected chi connectivity index (χ4v) is 2.64. The zero-order chi connectivity index (χ0) is 19.9. The van der Waals surface area contributed by atoms with Crippen molar-refractivity contribution in [2.75, 3.05) is 6.61 Å². The molecule has 0 saturated carbocycles. The molecule has 9 heteroatoms. The first-order chi connectivity index (χ1) is 12.1. The van der Waals surface area contributed by atoms with E-state index >= 15 is 0 Å². The minimum Gasteiger partial charge on any atom is -0.394 e. The summed E-state index contributed by atoms with van der Waals surface area (Å²) in [6, 6.07) is -2.74. The molecule has 1 heterocycles. The van der Waals surface area contributed by atoms with Crippen LogP contribution in [0.25, 0.3) is 0 Å². The summed E-state index contributed by atoms with van der Waals surface area (Å²) in [7, 11) is 0. The SMILES string of the molecule is CC(C)C[C@@H](NC(=O)[C@H](CO)NC(=O)[C@@H]1CCC(=O)N1)C(=O)NC(C)C. The Morgan fingerprint density at radius 3 is 2.15 bits per heavy atom.